The summed E-state index contributed by atoms with van der Waals surface area (Å²) in [7, 11) is 0. The largest absolute Gasteiger partial charge is 0.489 e. The van der Waals surface area contributed by atoms with E-state index in [9.17, 15) is 4.79 Å². The number of aryl methyl sites for hydroxylation is 1. The van der Waals surface area contributed by atoms with E-state index in [1.165, 1.54) is 5.56 Å². The SMILES string of the molecule is CCc1ccc(OCc2cccc(C(=O)Nc3cnn(Cc4ccccc4)c3)c2)cc1. The van der Waals surface area contributed by atoms with E-state index in [-0.39, 0.29) is 5.91 Å². The molecule has 0 aliphatic carbocycles. The third-order valence-corrected chi connectivity index (χ3v) is 5.00. The molecule has 0 unspecified atom stereocenters. The van der Waals surface area contributed by atoms with Crippen molar-refractivity contribution >= 4 is 11.6 Å². The summed E-state index contributed by atoms with van der Waals surface area (Å²) in [5.41, 5.74) is 4.61. The van der Waals surface area contributed by atoms with Gasteiger partial charge in [0.1, 0.15) is 12.4 Å². The first-order valence-corrected chi connectivity index (χ1v) is 10.4. The van der Waals surface area contributed by atoms with Crippen LogP contribution in [0.25, 0.3) is 0 Å². The predicted molar refractivity (Wildman–Crippen MR) is 122 cm³/mol. The quantitative estimate of drug-likeness (QED) is 0.427. The first-order chi connectivity index (χ1) is 15.2. The summed E-state index contributed by atoms with van der Waals surface area (Å²) >= 11 is 0. The number of rotatable bonds is 8. The topological polar surface area (TPSA) is 56.1 Å². The van der Waals surface area contributed by atoms with Crippen molar-refractivity contribution in [3.8, 4) is 5.75 Å². The lowest BCUT2D eigenvalue weighted by molar-refractivity contribution is 0.102. The Morgan fingerprint density at radius 3 is 2.48 bits per heavy atom. The third-order valence-electron chi connectivity index (χ3n) is 5.00. The van der Waals surface area contributed by atoms with Crippen LogP contribution in [-0.4, -0.2) is 15.7 Å². The molecule has 4 aromatic rings. The number of anilines is 1. The second-order valence-corrected chi connectivity index (χ2v) is 7.35. The van der Waals surface area contributed by atoms with Crippen molar-refractivity contribution in [1.29, 1.82) is 0 Å². The minimum atomic E-state index is -0.173. The average molecular weight is 412 g/mol. The second kappa shape index (κ2) is 9.76. The van der Waals surface area contributed by atoms with Crippen LogP contribution in [0.2, 0.25) is 0 Å². The van der Waals surface area contributed by atoms with Crippen molar-refractivity contribution < 1.29 is 9.53 Å². The van der Waals surface area contributed by atoms with Crippen LogP contribution in [0.3, 0.4) is 0 Å². The highest BCUT2D eigenvalue weighted by molar-refractivity contribution is 6.04. The van der Waals surface area contributed by atoms with Gasteiger partial charge in [-0.3, -0.25) is 9.48 Å². The number of amides is 1. The summed E-state index contributed by atoms with van der Waals surface area (Å²) < 4.78 is 7.66. The zero-order chi connectivity index (χ0) is 21.5. The Kier molecular flexibility index (Phi) is 6.43. The van der Waals surface area contributed by atoms with Gasteiger partial charge in [-0.05, 0) is 47.4 Å². The van der Waals surface area contributed by atoms with Crippen molar-refractivity contribution in [2.24, 2.45) is 0 Å². The molecule has 0 radical (unpaired) electrons. The first-order valence-electron chi connectivity index (χ1n) is 10.4. The van der Waals surface area contributed by atoms with E-state index in [0.29, 0.717) is 24.4 Å². The van der Waals surface area contributed by atoms with Crippen LogP contribution >= 0.6 is 0 Å². The van der Waals surface area contributed by atoms with Crippen molar-refractivity contribution in [2.75, 3.05) is 5.32 Å². The third kappa shape index (κ3) is 5.60. The zero-order valence-electron chi connectivity index (χ0n) is 17.5. The zero-order valence-corrected chi connectivity index (χ0v) is 17.5. The number of carbonyl (C=O) groups excluding carboxylic acids is 1. The van der Waals surface area contributed by atoms with Crippen molar-refractivity contribution in [1.82, 2.24) is 9.78 Å². The highest BCUT2D eigenvalue weighted by atomic mass is 16.5. The summed E-state index contributed by atoms with van der Waals surface area (Å²) in [4.78, 5) is 12.7. The van der Waals surface area contributed by atoms with Gasteiger partial charge in [-0.25, -0.2) is 0 Å². The number of benzene rings is 3. The molecule has 0 saturated heterocycles. The maximum Gasteiger partial charge on any atom is 0.255 e. The predicted octanol–water partition coefficient (Wildman–Crippen LogP) is 5.33. The Hall–Kier alpha value is -3.86. The Morgan fingerprint density at radius 1 is 0.935 bits per heavy atom. The summed E-state index contributed by atoms with van der Waals surface area (Å²) in [6.07, 6.45) is 4.49. The smallest absolute Gasteiger partial charge is 0.255 e. The maximum absolute atomic E-state index is 12.7. The number of hydrogen-bond donors (Lipinski definition) is 1. The Bertz CT molecular complexity index is 1130. The van der Waals surface area contributed by atoms with E-state index in [1.54, 1.807) is 16.9 Å². The van der Waals surface area contributed by atoms with Crippen molar-refractivity contribution in [3.63, 3.8) is 0 Å². The molecule has 5 nitrogen and oxygen atoms in total. The Morgan fingerprint density at radius 2 is 1.71 bits per heavy atom. The standard InChI is InChI=1S/C26H25N3O2/c1-2-20-11-13-25(14-12-20)31-19-22-9-6-10-23(15-22)26(30)28-24-16-27-29(18-24)17-21-7-4-3-5-8-21/h3-16,18H,2,17,19H2,1H3,(H,28,30). The van der Waals surface area contributed by atoms with Gasteiger partial charge in [-0.1, -0.05) is 61.5 Å². The van der Waals surface area contributed by atoms with Crippen LogP contribution < -0.4 is 10.1 Å². The van der Waals surface area contributed by atoms with E-state index in [2.05, 4.69) is 29.5 Å². The molecule has 0 spiro atoms. The van der Waals surface area contributed by atoms with Gasteiger partial charge in [-0.15, -0.1) is 0 Å². The fraction of sp³-hybridized carbons (Fsp3) is 0.154. The fourth-order valence-electron chi connectivity index (χ4n) is 3.28. The van der Waals surface area contributed by atoms with Crippen LogP contribution in [-0.2, 0) is 19.6 Å². The minimum Gasteiger partial charge on any atom is -0.489 e. The molecule has 0 saturated carbocycles. The molecule has 156 valence electrons. The van der Waals surface area contributed by atoms with Gasteiger partial charge in [0.15, 0.2) is 0 Å². The summed E-state index contributed by atoms with van der Waals surface area (Å²) in [6, 6.07) is 25.6. The fourth-order valence-corrected chi connectivity index (χ4v) is 3.28. The van der Waals surface area contributed by atoms with Gasteiger partial charge in [0.2, 0.25) is 0 Å². The molecule has 31 heavy (non-hydrogen) atoms. The van der Waals surface area contributed by atoms with E-state index in [4.69, 9.17) is 4.74 Å². The Balaban J connectivity index is 1.35. The second-order valence-electron chi connectivity index (χ2n) is 7.35. The van der Waals surface area contributed by atoms with E-state index >= 15 is 0 Å². The molecule has 0 aliphatic heterocycles. The van der Waals surface area contributed by atoms with Crippen LogP contribution in [0.4, 0.5) is 5.69 Å². The lowest BCUT2D eigenvalue weighted by atomic mass is 10.1. The summed E-state index contributed by atoms with van der Waals surface area (Å²) in [5.74, 6) is 0.645. The molecule has 3 aromatic carbocycles. The van der Waals surface area contributed by atoms with Crippen molar-refractivity contribution in [2.45, 2.75) is 26.5 Å². The molecular weight excluding hydrogens is 386 g/mol. The molecule has 0 aliphatic rings. The highest BCUT2D eigenvalue weighted by Gasteiger charge is 2.09. The van der Waals surface area contributed by atoms with Crippen LogP contribution in [0.5, 0.6) is 5.75 Å². The molecular formula is C26H25N3O2. The van der Waals surface area contributed by atoms with E-state index < -0.39 is 0 Å². The van der Waals surface area contributed by atoms with Gasteiger partial charge < -0.3 is 10.1 Å². The monoisotopic (exact) mass is 411 g/mol. The Labute approximate surface area is 182 Å². The molecule has 1 amide bonds. The number of ether oxygens (including phenoxy) is 1. The lowest BCUT2D eigenvalue weighted by Gasteiger charge is -2.09. The number of nitrogens with one attached hydrogen (secondary N) is 1. The first kappa shape index (κ1) is 20.4. The summed E-state index contributed by atoms with van der Waals surface area (Å²) in [6.45, 7) is 3.19. The molecule has 0 bridgehead atoms. The molecule has 0 atom stereocenters. The normalized spacial score (nSPS) is 10.6. The van der Waals surface area contributed by atoms with Gasteiger partial charge in [0.25, 0.3) is 5.91 Å². The van der Waals surface area contributed by atoms with Gasteiger partial charge in [-0.2, -0.15) is 5.10 Å². The van der Waals surface area contributed by atoms with E-state index in [0.717, 1.165) is 23.3 Å². The van der Waals surface area contributed by atoms with Crippen LogP contribution in [0.15, 0.2) is 91.3 Å². The van der Waals surface area contributed by atoms with Crippen molar-refractivity contribution in [3.05, 3.63) is 114 Å². The number of carbonyl (C=O) groups is 1. The van der Waals surface area contributed by atoms with Crippen LogP contribution in [0, 0.1) is 0 Å². The highest BCUT2D eigenvalue weighted by Crippen LogP contribution is 2.16. The van der Waals surface area contributed by atoms with Gasteiger partial charge >= 0.3 is 0 Å². The maximum atomic E-state index is 12.7. The molecule has 0 fully saturated rings. The van der Waals surface area contributed by atoms with E-state index in [1.807, 2.05) is 66.9 Å². The number of nitrogens with zero attached hydrogens (tertiary/aromatic N) is 2. The molecule has 4 rings (SSSR count). The molecule has 1 aromatic heterocycles. The lowest BCUT2D eigenvalue weighted by Crippen LogP contribution is -2.12. The minimum absolute atomic E-state index is 0.173. The molecule has 1 heterocycles. The van der Waals surface area contributed by atoms with Gasteiger partial charge in [0.05, 0.1) is 18.4 Å². The molecule has 1 N–H and O–H groups in total. The molecule has 5 heteroatoms. The average Bonchev–Trinajstić information content (AvgIpc) is 3.25. The number of aromatic nitrogens is 2. The van der Waals surface area contributed by atoms with Gasteiger partial charge in [0, 0.05) is 11.8 Å². The summed E-state index contributed by atoms with van der Waals surface area (Å²) in [5, 5.41) is 7.25. The van der Waals surface area contributed by atoms with Crippen LogP contribution in [0.1, 0.15) is 34.0 Å². The number of hydrogen-bond acceptors (Lipinski definition) is 3.